The summed E-state index contributed by atoms with van der Waals surface area (Å²) in [6.45, 7) is 8.87. The molecule has 0 radical (unpaired) electrons. The number of aryl methyl sites for hydroxylation is 3. The lowest BCUT2D eigenvalue weighted by Crippen LogP contribution is -2.26. The summed E-state index contributed by atoms with van der Waals surface area (Å²) < 4.78 is 7.26. The standard InChI is InChI=1S/C25H31N3O2/c1-17-10-11-21(18(2)14-17)16-27(5)25(29)13-12-24-19(3)26-28(20(24)4)22-8-7-9-23(15-22)30-6/h7-11,14-15H,12-13,16H2,1-6H3. The average molecular weight is 406 g/mol. The van der Waals surface area contributed by atoms with E-state index in [-0.39, 0.29) is 5.91 Å². The number of nitrogens with zero attached hydrogens (tertiary/aromatic N) is 3. The summed E-state index contributed by atoms with van der Waals surface area (Å²) in [6, 6.07) is 14.2. The highest BCUT2D eigenvalue weighted by Gasteiger charge is 2.16. The molecular formula is C25H31N3O2. The van der Waals surface area contributed by atoms with Gasteiger partial charge in [0.25, 0.3) is 0 Å². The van der Waals surface area contributed by atoms with Crippen molar-refractivity contribution in [1.82, 2.24) is 14.7 Å². The first-order chi connectivity index (χ1) is 14.3. The third kappa shape index (κ3) is 4.73. The van der Waals surface area contributed by atoms with Gasteiger partial charge in [0.05, 0.1) is 18.5 Å². The van der Waals surface area contributed by atoms with Gasteiger partial charge in [-0.1, -0.05) is 29.8 Å². The van der Waals surface area contributed by atoms with E-state index in [0.29, 0.717) is 19.4 Å². The van der Waals surface area contributed by atoms with Gasteiger partial charge in [0, 0.05) is 31.8 Å². The summed E-state index contributed by atoms with van der Waals surface area (Å²) in [5.41, 5.74) is 7.76. The highest BCUT2D eigenvalue weighted by atomic mass is 16.5. The molecular weight excluding hydrogens is 374 g/mol. The molecule has 1 aromatic heterocycles. The fourth-order valence-electron chi connectivity index (χ4n) is 3.82. The van der Waals surface area contributed by atoms with Crippen molar-refractivity contribution in [3.8, 4) is 11.4 Å². The van der Waals surface area contributed by atoms with Crippen molar-refractivity contribution in [2.24, 2.45) is 0 Å². The lowest BCUT2D eigenvalue weighted by molar-refractivity contribution is -0.130. The van der Waals surface area contributed by atoms with E-state index >= 15 is 0 Å². The van der Waals surface area contributed by atoms with Crippen LogP contribution in [-0.2, 0) is 17.8 Å². The van der Waals surface area contributed by atoms with Gasteiger partial charge in [-0.25, -0.2) is 4.68 Å². The number of hydrogen-bond donors (Lipinski definition) is 0. The molecule has 0 N–H and O–H groups in total. The van der Waals surface area contributed by atoms with E-state index in [0.717, 1.165) is 28.4 Å². The molecule has 30 heavy (non-hydrogen) atoms. The number of rotatable bonds is 7. The zero-order chi connectivity index (χ0) is 21.8. The van der Waals surface area contributed by atoms with E-state index in [1.807, 2.05) is 47.8 Å². The molecule has 5 heteroatoms. The summed E-state index contributed by atoms with van der Waals surface area (Å²) in [5.74, 6) is 0.938. The van der Waals surface area contributed by atoms with Crippen molar-refractivity contribution < 1.29 is 9.53 Å². The number of ether oxygens (including phenoxy) is 1. The minimum atomic E-state index is 0.142. The van der Waals surface area contributed by atoms with Crippen LogP contribution in [0.25, 0.3) is 5.69 Å². The summed E-state index contributed by atoms with van der Waals surface area (Å²) in [5, 5.41) is 4.70. The molecule has 0 spiro atoms. The van der Waals surface area contributed by atoms with Gasteiger partial charge in [-0.2, -0.15) is 5.10 Å². The summed E-state index contributed by atoms with van der Waals surface area (Å²) in [6.07, 6.45) is 1.14. The van der Waals surface area contributed by atoms with Gasteiger partial charge in [0.15, 0.2) is 0 Å². The van der Waals surface area contributed by atoms with Crippen LogP contribution in [0.3, 0.4) is 0 Å². The van der Waals surface area contributed by atoms with Crippen LogP contribution in [0.1, 0.15) is 40.1 Å². The highest BCUT2D eigenvalue weighted by Crippen LogP contribution is 2.22. The first-order valence-electron chi connectivity index (χ1n) is 10.3. The molecule has 0 fully saturated rings. The van der Waals surface area contributed by atoms with Crippen LogP contribution in [0.4, 0.5) is 0 Å². The SMILES string of the molecule is COc1cccc(-n2nc(C)c(CCC(=O)N(C)Cc3ccc(C)cc3C)c2C)c1. The summed E-state index contributed by atoms with van der Waals surface area (Å²) in [7, 11) is 3.53. The maximum Gasteiger partial charge on any atom is 0.222 e. The fourth-order valence-corrected chi connectivity index (χ4v) is 3.82. The molecule has 0 aliphatic carbocycles. The topological polar surface area (TPSA) is 47.4 Å². The molecule has 1 amide bonds. The van der Waals surface area contributed by atoms with Crippen molar-refractivity contribution in [2.75, 3.05) is 14.2 Å². The van der Waals surface area contributed by atoms with E-state index in [4.69, 9.17) is 9.84 Å². The predicted octanol–water partition coefficient (Wildman–Crippen LogP) is 4.71. The number of carbonyl (C=O) groups excluding carboxylic acids is 1. The van der Waals surface area contributed by atoms with Crippen molar-refractivity contribution in [3.05, 3.63) is 76.1 Å². The first-order valence-corrected chi connectivity index (χ1v) is 10.3. The van der Waals surface area contributed by atoms with Crippen molar-refractivity contribution >= 4 is 5.91 Å². The Morgan fingerprint density at radius 2 is 1.87 bits per heavy atom. The van der Waals surface area contributed by atoms with E-state index in [1.54, 1.807) is 7.11 Å². The van der Waals surface area contributed by atoms with E-state index in [9.17, 15) is 4.79 Å². The summed E-state index contributed by atoms with van der Waals surface area (Å²) >= 11 is 0. The number of methoxy groups -OCH3 is 1. The second-order valence-corrected chi connectivity index (χ2v) is 7.94. The molecule has 1 heterocycles. The van der Waals surface area contributed by atoms with Crippen LogP contribution in [0.2, 0.25) is 0 Å². The molecule has 2 aromatic carbocycles. The Labute approximate surface area is 179 Å². The quantitative estimate of drug-likeness (QED) is 0.572. The van der Waals surface area contributed by atoms with Crippen LogP contribution in [0.15, 0.2) is 42.5 Å². The number of amides is 1. The number of aromatic nitrogens is 2. The first kappa shape index (κ1) is 21.6. The van der Waals surface area contributed by atoms with Crippen LogP contribution in [-0.4, -0.2) is 34.7 Å². The van der Waals surface area contributed by atoms with Gasteiger partial charge in [-0.05, 0) is 62.9 Å². The Balaban J connectivity index is 1.69. The fraction of sp³-hybridized carbons (Fsp3) is 0.360. The molecule has 3 aromatic rings. The van der Waals surface area contributed by atoms with Crippen LogP contribution >= 0.6 is 0 Å². The Morgan fingerprint density at radius 1 is 1.10 bits per heavy atom. The van der Waals surface area contributed by atoms with Gasteiger partial charge in [-0.3, -0.25) is 4.79 Å². The van der Waals surface area contributed by atoms with Crippen molar-refractivity contribution in [2.45, 2.75) is 47.1 Å². The second kappa shape index (κ2) is 9.16. The summed E-state index contributed by atoms with van der Waals surface area (Å²) in [4.78, 5) is 14.6. The third-order valence-corrected chi connectivity index (χ3v) is 5.66. The van der Waals surface area contributed by atoms with Gasteiger partial charge in [0.1, 0.15) is 5.75 Å². The lowest BCUT2D eigenvalue weighted by atomic mass is 10.0. The van der Waals surface area contributed by atoms with Crippen LogP contribution in [0.5, 0.6) is 5.75 Å². The third-order valence-electron chi connectivity index (χ3n) is 5.66. The Morgan fingerprint density at radius 3 is 2.57 bits per heavy atom. The molecule has 5 nitrogen and oxygen atoms in total. The highest BCUT2D eigenvalue weighted by molar-refractivity contribution is 5.76. The van der Waals surface area contributed by atoms with Gasteiger partial charge in [-0.15, -0.1) is 0 Å². The number of carbonyl (C=O) groups is 1. The smallest absolute Gasteiger partial charge is 0.222 e. The minimum Gasteiger partial charge on any atom is -0.497 e. The molecule has 0 saturated heterocycles. The maximum atomic E-state index is 12.8. The molecule has 3 rings (SSSR count). The number of benzene rings is 2. The van der Waals surface area contributed by atoms with Crippen LogP contribution < -0.4 is 4.74 Å². The van der Waals surface area contributed by atoms with E-state index in [2.05, 4.69) is 39.0 Å². The monoisotopic (exact) mass is 405 g/mol. The molecule has 0 atom stereocenters. The van der Waals surface area contributed by atoms with E-state index < -0.39 is 0 Å². The van der Waals surface area contributed by atoms with Crippen molar-refractivity contribution in [3.63, 3.8) is 0 Å². The van der Waals surface area contributed by atoms with Gasteiger partial charge < -0.3 is 9.64 Å². The predicted molar refractivity (Wildman–Crippen MR) is 120 cm³/mol. The van der Waals surface area contributed by atoms with Crippen molar-refractivity contribution in [1.29, 1.82) is 0 Å². The van der Waals surface area contributed by atoms with Gasteiger partial charge >= 0.3 is 0 Å². The Kier molecular flexibility index (Phi) is 6.60. The normalized spacial score (nSPS) is 10.9. The largest absolute Gasteiger partial charge is 0.497 e. The Hall–Kier alpha value is -3.08. The Bertz CT molecular complexity index is 1050. The average Bonchev–Trinajstić information content (AvgIpc) is 3.01. The molecule has 0 unspecified atom stereocenters. The second-order valence-electron chi connectivity index (χ2n) is 7.94. The maximum absolute atomic E-state index is 12.8. The molecule has 0 aliphatic rings. The zero-order valence-corrected chi connectivity index (χ0v) is 18.8. The zero-order valence-electron chi connectivity index (χ0n) is 18.8. The van der Waals surface area contributed by atoms with E-state index in [1.165, 1.54) is 16.7 Å². The molecule has 0 bridgehead atoms. The van der Waals surface area contributed by atoms with Gasteiger partial charge in [0.2, 0.25) is 5.91 Å². The number of hydrogen-bond acceptors (Lipinski definition) is 3. The minimum absolute atomic E-state index is 0.142. The van der Waals surface area contributed by atoms with Crippen LogP contribution in [0, 0.1) is 27.7 Å². The lowest BCUT2D eigenvalue weighted by Gasteiger charge is -2.19. The molecule has 0 aliphatic heterocycles. The molecule has 158 valence electrons. The molecule has 0 saturated carbocycles.